The van der Waals surface area contributed by atoms with Crippen molar-refractivity contribution in [2.75, 3.05) is 13.1 Å². The topological polar surface area (TPSA) is 63.1 Å². The van der Waals surface area contributed by atoms with Crippen molar-refractivity contribution in [3.8, 4) is 0 Å². The molecule has 1 fully saturated rings. The van der Waals surface area contributed by atoms with Gasteiger partial charge in [-0.15, -0.1) is 0 Å². The van der Waals surface area contributed by atoms with E-state index < -0.39 is 0 Å². The second-order valence-electron chi connectivity index (χ2n) is 8.99. The Balaban J connectivity index is 1.21. The molecule has 1 aliphatic heterocycles. The van der Waals surface area contributed by atoms with Crippen LogP contribution in [0.4, 0.5) is 0 Å². The van der Waals surface area contributed by atoms with Gasteiger partial charge in [0.05, 0.1) is 18.3 Å². The van der Waals surface area contributed by atoms with Gasteiger partial charge in [-0.3, -0.25) is 9.69 Å². The molecular weight excluding hydrogens is 410 g/mol. The van der Waals surface area contributed by atoms with Crippen LogP contribution in [-0.4, -0.2) is 44.7 Å². The van der Waals surface area contributed by atoms with E-state index in [1.54, 1.807) is 12.4 Å². The highest BCUT2D eigenvalue weighted by Crippen LogP contribution is 2.20. The Morgan fingerprint density at radius 2 is 1.70 bits per heavy atom. The van der Waals surface area contributed by atoms with Gasteiger partial charge < -0.3 is 5.32 Å². The van der Waals surface area contributed by atoms with Crippen LogP contribution in [0.2, 0.25) is 0 Å². The highest BCUT2D eigenvalue weighted by Gasteiger charge is 2.27. The fraction of sp³-hybridized carbons (Fsp3) is 0.296. The number of pyridine rings is 1. The summed E-state index contributed by atoms with van der Waals surface area (Å²) in [5, 5.41) is 8.61. The van der Waals surface area contributed by atoms with Gasteiger partial charge in [0.2, 0.25) is 0 Å². The lowest BCUT2D eigenvalue weighted by Gasteiger charge is -2.37. The minimum Gasteiger partial charge on any atom is -0.349 e. The Morgan fingerprint density at radius 1 is 1.00 bits per heavy atom. The van der Waals surface area contributed by atoms with Gasteiger partial charge in [0.1, 0.15) is 0 Å². The molecule has 0 bridgehead atoms. The van der Waals surface area contributed by atoms with Crippen LogP contribution >= 0.6 is 0 Å². The van der Waals surface area contributed by atoms with Crippen LogP contribution in [0, 0.1) is 5.92 Å². The number of rotatable bonds is 6. The SMILES string of the molecule is CC1CN(Cc2ccccc2)CCC1NC(=O)c1cnc2c(cnn2Cc2ccccc2)c1. The molecule has 2 unspecified atom stereocenters. The first-order chi connectivity index (χ1) is 16.2. The minimum atomic E-state index is -0.0615. The van der Waals surface area contributed by atoms with Crippen molar-refractivity contribution in [1.29, 1.82) is 0 Å². The van der Waals surface area contributed by atoms with Gasteiger partial charge in [-0.05, 0) is 29.5 Å². The highest BCUT2D eigenvalue weighted by molar-refractivity contribution is 5.97. The molecule has 1 N–H and O–H groups in total. The standard InChI is InChI=1S/C27H29N5O/c1-20-17-31(18-21-8-4-2-5-9-21)13-12-25(20)30-27(33)24-14-23-16-29-32(26(23)28-15-24)19-22-10-6-3-7-11-22/h2-11,14-16,20,25H,12-13,17-19H2,1H3,(H,30,33). The van der Waals surface area contributed by atoms with E-state index in [1.807, 2.05) is 35.0 Å². The predicted octanol–water partition coefficient (Wildman–Crippen LogP) is 4.12. The lowest BCUT2D eigenvalue weighted by Crippen LogP contribution is -2.49. The quantitative estimate of drug-likeness (QED) is 0.491. The third-order valence-corrected chi connectivity index (χ3v) is 6.47. The number of hydrogen-bond donors (Lipinski definition) is 1. The van der Waals surface area contributed by atoms with Crippen LogP contribution in [0.25, 0.3) is 11.0 Å². The number of benzene rings is 2. The molecule has 2 aromatic heterocycles. The van der Waals surface area contributed by atoms with Crippen LogP contribution in [-0.2, 0) is 13.1 Å². The summed E-state index contributed by atoms with van der Waals surface area (Å²) in [6, 6.07) is 22.8. The molecule has 0 aliphatic carbocycles. The van der Waals surface area contributed by atoms with Gasteiger partial charge in [-0.25, -0.2) is 9.67 Å². The van der Waals surface area contributed by atoms with Crippen molar-refractivity contribution in [2.45, 2.75) is 32.5 Å². The zero-order valence-electron chi connectivity index (χ0n) is 18.9. The number of nitrogens with one attached hydrogen (secondary N) is 1. The van der Waals surface area contributed by atoms with Gasteiger partial charge in [0.15, 0.2) is 5.65 Å². The number of fused-ring (bicyclic) bond motifs is 1. The number of hydrogen-bond acceptors (Lipinski definition) is 4. The van der Waals surface area contributed by atoms with E-state index in [0.717, 1.165) is 37.1 Å². The zero-order chi connectivity index (χ0) is 22.6. The molecule has 2 atom stereocenters. The second-order valence-corrected chi connectivity index (χ2v) is 8.99. The summed E-state index contributed by atoms with van der Waals surface area (Å²) in [7, 11) is 0. The Labute approximate surface area is 194 Å². The van der Waals surface area contributed by atoms with Crippen molar-refractivity contribution in [1.82, 2.24) is 25.0 Å². The molecule has 2 aromatic carbocycles. The van der Waals surface area contributed by atoms with E-state index >= 15 is 0 Å². The van der Waals surface area contributed by atoms with Crippen LogP contribution < -0.4 is 5.32 Å². The van der Waals surface area contributed by atoms with Crippen LogP contribution in [0.1, 0.15) is 34.8 Å². The zero-order valence-corrected chi connectivity index (χ0v) is 18.9. The van der Waals surface area contributed by atoms with Gasteiger partial charge in [0.25, 0.3) is 5.91 Å². The summed E-state index contributed by atoms with van der Waals surface area (Å²) in [6.07, 6.45) is 4.40. The Bertz CT molecular complexity index is 1220. The van der Waals surface area contributed by atoms with Crippen LogP contribution in [0.15, 0.2) is 79.1 Å². The molecule has 1 aliphatic rings. The average molecular weight is 440 g/mol. The monoisotopic (exact) mass is 439 g/mol. The number of piperidine rings is 1. The lowest BCUT2D eigenvalue weighted by molar-refractivity contribution is 0.0860. The molecule has 0 spiro atoms. The van der Waals surface area contributed by atoms with E-state index in [1.165, 1.54) is 11.1 Å². The molecule has 33 heavy (non-hydrogen) atoms. The van der Waals surface area contributed by atoms with Crippen molar-refractivity contribution >= 4 is 16.9 Å². The summed E-state index contributed by atoms with van der Waals surface area (Å²) >= 11 is 0. The molecule has 5 rings (SSSR count). The maximum absolute atomic E-state index is 13.0. The summed E-state index contributed by atoms with van der Waals surface area (Å²) in [4.78, 5) is 20.0. The molecule has 6 nitrogen and oxygen atoms in total. The number of nitrogens with zero attached hydrogens (tertiary/aromatic N) is 4. The third kappa shape index (κ3) is 4.96. The third-order valence-electron chi connectivity index (χ3n) is 6.47. The van der Waals surface area contributed by atoms with E-state index in [-0.39, 0.29) is 11.9 Å². The van der Waals surface area contributed by atoms with Crippen molar-refractivity contribution in [2.24, 2.45) is 5.92 Å². The summed E-state index contributed by atoms with van der Waals surface area (Å²) < 4.78 is 1.87. The van der Waals surface area contributed by atoms with E-state index in [4.69, 9.17) is 0 Å². The predicted molar refractivity (Wildman–Crippen MR) is 130 cm³/mol. The van der Waals surface area contributed by atoms with Crippen molar-refractivity contribution < 1.29 is 4.79 Å². The van der Waals surface area contributed by atoms with Gasteiger partial charge in [0, 0.05) is 37.3 Å². The molecule has 1 saturated heterocycles. The molecular formula is C27H29N5O. The average Bonchev–Trinajstić information content (AvgIpc) is 3.24. The van der Waals surface area contributed by atoms with Crippen LogP contribution in [0.5, 0.6) is 0 Å². The maximum atomic E-state index is 13.0. The lowest BCUT2D eigenvalue weighted by atomic mass is 9.93. The first kappa shape index (κ1) is 21.3. The summed E-state index contributed by atoms with van der Waals surface area (Å²) in [6.45, 7) is 5.79. The maximum Gasteiger partial charge on any atom is 0.253 e. The number of carbonyl (C=O) groups excluding carboxylic acids is 1. The van der Waals surface area contributed by atoms with Gasteiger partial charge >= 0.3 is 0 Å². The van der Waals surface area contributed by atoms with E-state index in [0.29, 0.717) is 18.0 Å². The minimum absolute atomic E-state index is 0.0615. The Kier molecular flexibility index (Phi) is 6.17. The number of carbonyl (C=O) groups is 1. The van der Waals surface area contributed by atoms with E-state index in [2.05, 4.69) is 63.6 Å². The van der Waals surface area contributed by atoms with Crippen LogP contribution in [0.3, 0.4) is 0 Å². The Hall–Kier alpha value is -3.51. The summed E-state index contributed by atoms with van der Waals surface area (Å²) in [5.74, 6) is 0.324. The number of likely N-dealkylation sites (tertiary alicyclic amines) is 1. The molecule has 3 heterocycles. The van der Waals surface area contributed by atoms with Crippen molar-refractivity contribution in [3.05, 3.63) is 95.8 Å². The Morgan fingerprint density at radius 3 is 2.39 bits per heavy atom. The fourth-order valence-corrected chi connectivity index (χ4v) is 4.65. The van der Waals surface area contributed by atoms with Crippen molar-refractivity contribution in [3.63, 3.8) is 0 Å². The highest BCUT2D eigenvalue weighted by atomic mass is 16.1. The molecule has 168 valence electrons. The largest absolute Gasteiger partial charge is 0.349 e. The smallest absolute Gasteiger partial charge is 0.253 e. The normalized spacial score (nSPS) is 18.9. The number of amides is 1. The summed E-state index contributed by atoms with van der Waals surface area (Å²) in [5.41, 5.74) is 3.87. The number of aromatic nitrogens is 3. The molecule has 0 saturated carbocycles. The molecule has 1 amide bonds. The van der Waals surface area contributed by atoms with Gasteiger partial charge in [-0.1, -0.05) is 67.6 Å². The first-order valence-corrected chi connectivity index (χ1v) is 11.6. The first-order valence-electron chi connectivity index (χ1n) is 11.6. The van der Waals surface area contributed by atoms with Gasteiger partial charge in [-0.2, -0.15) is 5.10 Å². The molecule has 0 radical (unpaired) electrons. The molecule has 6 heteroatoms. The second kappa shape index (κ2) is 9.55. The molecule has 4 aromatic rings. The fourth-order valence-electron chi connectivity index (χ4n) is 4.65. The van der Waals surface area contributed by atoms with E-state index in [9.17, 15) is 4.79 Å².